The lowest BCUT2D eigenvalue weighted by Gasteiger charge is -2.15. The van der Waals surface area contributed by atoms with E-state index in [0.717, 1.165) is 47.1 Å². The predicted octanol–water partition coefficient (Wildman–Crippen LogP) is 4.92. The molecule has 0 N–H and O–H groups in total. The molecule has 8 heteroatoms. The number of thioether (sulfide) groups is 1. The lowest BCUT2D eigenvalue weighted by molar-refractivity contribution is 0.340. The van der Waals surface area contributed by atoms with Gasteiger partial charge in [0.25, 0.3) is 0 Å². The van der Waals surface area contributed by atoms with E-state index in [1.165, 1.54) is 18.4 Å². The van der Waals surface area contributed by atoms with Crippen LogP contribution in [-0.4, -0.2) is 42.0 Å². The smallest absolute Gasteiger partial charge is 0.243 e. The largest absolute Gasteiger partial charge is 0.494 e. The van der Waals surface area contributed by atoms with Gasteiger partial charge in [-0.3, -0.25) is 0 Å². The maximum absolute atomic E-state index is 13.0. The molecule has 1 aliphatic heterocycles. The van der Waals surface area contributed by atoms with Gasteiger partial charge in [-0.25, -0.2) is 13.4 Å². The summed E-state index contributed by atoms with van der Waals surface area (Å²) in [7, 11) is -3.44. The van der Waals surface area contributed by atoms with Gasteiger partial charge in [0, 0.05) is 25.4 Å². The Morgan fingerprint density at radius 1 is 1.09 bits per heavy atom. The van der Waals surface area contributed by atoms with Crippen LogP contribution in [0.3, 0.4) is 0 Å². The van der Waals surface area contributed by atoms with Gasteiger partial charge in [-0.15, -0.1) is 0 Å². The fraction of sp³-hybridized carbons (Fsp3) is 0.458. The summed E-state index contributed by atoms with van der Waals surface area (Å²) in [4.78, 5) is 5.23. The van der Waals surface area contributed by atoms with Crippen molar-refractivity contribution in [2.24, 2.45) is 5.92 Å². The van der Waals surface area contributed by atoms with Gasteiger partial charge in [0.05, 0.1) is 22.5 Å². The van der Waals surface area contributed by atoms with Crippen molar-refractivity contribution >= 4 is 32.8 Å². The minimum Gasteiger partial charge on any atom is -0.494 e. The van der Waals surface area contributed by atoms with Crippen LogP contribution >= 0.6 is 11.8 Å². The van der Waals surface area contributed by atoms with E-state index in [2.05, 4.69) is 16.7 Å². The highest BCUT2D eigenvalue weighted by molar-refractivity contribution is 7.98. The average molecular weight is 472 g/mol. The van der Waals surface area contributed by atoms with Crippen molar-refractivity contribution in [3.63, 3.8) is 0 Å². The van der Waals surface area contributed by atoms with Crippen molar-refractivity contribution in [3.05, 3.63) is 48.0 Å². The summed E-state index contributed by atoms with van der Waals surface area (Å²) in [5, 5.41) is 0.955. The topological polar surface area (TPSA) is 64.4 Å². The summed E-state index contributed by atoms with van der Waals surface area (Å²) >= 11 is 1.70. The Hall–Kier alpha value is -2.03. The third kappa shape index (κ3) is 4.54. The van der Waals surface area contributed by atoms with E-state index in [-0.39, 0.29) is 0 Å². The second-order valence-corrected chi connectivity index (χ2v) is 11.5. The van der Waals surface area contributed by atoms with Crippen molar-refractivity contribution in [1.82, 2.24) is 13.9 Å². The van der Waals surface area contributed by atoms with E-state index < -0.39 is 10.0 Å². The van der Waals surface area contributed by atoms with E-state index in [4.69, 9.17) is 9.72 Å². The molecule has 1 aromatic heterocycles. The van der Waals surface area contributed by atoms with Crippen LogP contribution in [0.5, 0.6) is 5.75 Å². The first kappa shape index (κ1) is 21.8. The molecule has 0 radical (unpaired) electrons. The van der Waals surface area contributed by atoms with E-state index >= 15 is 0 Å². The van der Waals surface area contributed by atoms with Crippen LogP contribution in [0.15, 0.2) is 52.5 Å². The average Bonchev–Trinajstić information content (AvgIpc) is 3.30. The number of aromatic nitrogens is 2. The molecule has 1 saturated carbocycles. The van der Waals surface area contributed by atoms with E-state index in [1.807, 2.05) is 25.1 Å². The first-order valence-electron chi connectivity index (χ1n) is 11.4. The first-order chi connectivity index (χ1) is 15.5. The molecule has 0 spiro atoms. The van der Waals surface area contributed by atoms with Crippen molar-refractivity contribution in [1.29, 1.82) is 0 Å². The van der Waals surface area contributed by atoms with Crippen molar-refractivity contribution in [2.75, 3.05) is 19.7 Å². The molecule has 2 aromatic carbocycles. The van der Waals surface area contributed by atoms with Gasteiger partial charge < -0.3 is 9.30 Å². The number of hydrogen-bond acceptors (Lipinski definition) is 5. The van der Waals surface area contributed by atoms with Crippen LogP contribution in [0.25, 0.3) is 11.0 Å². The Labute approximate surface area is 194 Å². The molecule has 2 heterocycles. The van der Waals surface area contributed by atoms with E-state index in [9.17, 15) is 8.42 Å². The number of fused-ring (bicyclic) bond motifs is 1. The number of benzene rings is 2. The second-order valence-electron chi connectivity index (χ2n) is 8.58. The molecule has 1 aliphatic carbocycles. The zero-order valence-electron chi connectivity index (χ0n) is 18.4. The van der Waals surface area contributed by atoms with Gasteiger partial charge >= 0.3 is 0 Å². The van der Waals surface area contributed by atoms with Crippen LogP contribution < -0.4 is 4.74 Å². The molecule has 0 bridgehead atoms. The van der Waals surface area contributed by atoms with Crippen LogP contribution in [0.2, 0.25) is 0 Å². The summed E-state index contributed by atoms with van der Waals surface area (Å²) in [6.07, 6.45) is 4.38. The van der Waals surface area contributed by atoms with Crippen LogP contribution in [-0.2, 0) is 22.3 Å². The molecule has 5 rings (SSSR count). The molecule has 6 nitrogen and oxygen atoms in total. The van der Waals surface area contributed by atoms with Crippen LogP contribution in [0, 0.1) is 5.92 Å². The van der Waals surface area contributed by atoms with Crippen molar-refractivity contribution in [3.8, 4) is 5.75 Å². The number of rotatable bonds is 9. The Balaban J connectivity index is 1.42. The lowest BCUT2D eigenvalue weighted by Crippen LogP contribution is -2.27. The molecule has 2 aliphatic rings. The van der Waals surface area contributed by atoms with Gasteiger partial charge in [0.15, 0.2) is 5.16 Å². The molecule has 0 amide bonds. The van der Waals surface area contributed by atoms with Gasteiger partial charge in [-0.1, -0.05) is 23.9 Å². The van der Waals surface area contributed by atoms with Gasteiger partial charge in [-0.2, -0.15) is 4.31 Å². The van der Waals surface area contributed by atoms with Crippen LogP contribution in [0.1, 0.15) is 38.2 Å². The molecule has 2 fully saturated rings. The highest BCUT2D eigenvalue weighted by Gasteiger charge is 2.29. The number of ether oxygens (including phenoxy) is 1. The first-order valence-corrected chi connectivity index (χ1v) is 13.8. The number of imidazole rings is 1. The predicted molar refractivity (Wildman–Crippen MR) is 128 cm³/mol. The zero-order valence-corrected chi connectivity index (χ0v) is 20.0. The Kier molecular flexibility index (Phi) is 6.18. The fourth-order valence-electron chi connectivity index (χ4n) is 4.17. The van der Waals surface area contributed by atoms with Gasteiger partial charge in [-0.05, 0) is 74.4 Å². The number of sulfonamides is 1. The maximum atomic E-state index is 13.0. The molecule has 0 atom stereocenters. The number of hydrogen-bond donors (Lipinski definition) is 0. The SMILES string of the molecule is CCOc1ccc(CSc2nc3cc(S(=O)(=O)N4CCCC4)ccc3n2CC2CC2)cc1. The van der Waals surface area contributed by atoms with Gasteiger partial charge in [0.1, 0.15) is 5.75 Å². The standard InChI is InChI=1S/C24H29N3O3S2/c1-2-30-20-9-7-19(8-10-20)17-31-24-25-22-15-21(32(28,29)26-13-3-4-14-26)11-12-23(22)27(24)16-18-5-6-18/h7-12,15,18H,2-6,13-14,16-17H2,1H3. The van der Waals surface area contributed by atoms with Crippen molar-refractivity contribution < 1.29 is 13.2 Å². The summed E-state index contributed by atoms with van der Waals surface area (Å²) in [5.41, 5.74) is 2.99. The van der Waals surface area contributed by atoms with E-state index in [1.54, 1.807) is 28.2 Å². The molecule has 3 aromatic rings. The van der Waals surface area contributed by atoms with Gasteiger partial charge in [0.2, 0.25) is 10.0 Å². The highest BCUT2D eigenvalue weighted by atomic mass is 32.2. The Bertz CT molecular complexity index is 1200. The summed E-state index contributed by atoms with van der Waals surface area (Å²) < 4.78 is 35.4. The Morgan fingerprint density at radius 2 is 1.84 bits per heavy atom. The quantitative estimate of drug-likeness (QED) is 0.415. The van der Waals surface area contributed by atoms with Crippen LogP contribution in [0.4, 0.5) is 0 Å². The monoisotopic (exact) mass is 471 g/mol. The third-order valence-corrected chi connectivity index (χ3v) is 9.07. The summed E-state index contributed by atoms with van der Waals surface area (Å²) in [6, 6.07) is 13.6. The second kappa shape index (κ2) is 9.08. The molecular formula is C24H29N3O3S2. The minimum atomic E-state index is -3.44. The molecule has 170 valence electrons. The number of nitrogens with zero attached hydrogens (tertiary/aromatic N) is 3. The molecular weight excluding hydrogens is 442 g/mol. The molecule has 0 unspecified atom stereocenters. The zero-order chi connectivity index (χ0) is 22.1. The maximum Gasteiger partial charge on any atom is 0.243 e. The normalized spacial score (nSPS) is 17.3. The fourth-order valence-corrected chi connectivity index (χ4v) is 6.68. The minimum absolute atomic E-state index is 0.353. The third-order valence-electron chi connectivity index (χ3n) is 6.13. The lowest BCUT2D eigenvalue weighted by atomic mass is 10.2. The molecule has 1 saturated heterocycles. The summed E-state index contributed by atoms with van der Waals surface area (Å²) in [5.74, 6) is 2.39. The van der Waals surface area contributed by atoms with Crippen molar-refractivity contribution in [2.45, 2.75) is 55.0 Å². The highest BCUT2D eigenvalue weighted by Crippen LogP contribution is 2.36. The Morgan fingerprint density at radius 3 is 2.53 bits per heavy atom. The summed E-state index contributed by atoms with van der Waals surface area (Å²) in [6.45, 7) is 4.81. The molecule has 32 heavy (non-hydrogen) atoms. The van der Waals surface area contributed by atoms with E-state index in [0.29, 0.717) is 30.5 Å².